The van der Waals surface area contributed by atoms with Crippen LogP contribution in [-0.2, 0) is 6.54 Å². The molecule has 1 heterocycles. The van der Waals surface area contributed by atoms with E-state index in [-0.39, 0.29) is 0 Å². The van der Waals surface area contributed by atoms with Gasteiger partial charge in [-0.25, -0.2) is 0 Å². The summed E-state index contributed by atoms with van der Waals surface area (Å²) in [6.45, 7) is 13.5. The number of aryl methyl sites for hydroxylation is 1. The molecular weight excluding hydrogens is 184 g/mol. The number of nitrogens with zero attached hydrogens (tertiary/aromatic N) is 2. The highest BCUT2D eigenvalue weighted by atomic mass is 15.3. The Morgan fingerprint density at radius 3 is 2.20 bits per heavy atom. The van der Waals surface area contributed by atoms with Crippen LogP contribution in [-0.4, -0.2) is 29.1 Å². The van der Waals surface area contributed by atoms with Gasteiger partial charge in [0.15, 0.2) is 0 Å². The van der Waals surface area contributed by atoms with E-state index in [4.69, 9.17) is 0 Å². The fourth-order valence-electron chi connectivity index (χ4n) is 2.04. The van der Waals surface area contributed by atoms with E-state index in [0.29, 0.717) is 0 Å². The van der Waals surface area contributed by atoms with Crippen LogP contribution in [0, 0.1) is 6.92 Å². The molecule has 84 valence electrons. The normalized spacial score (nSPS) is 11.7. The zero-order valence-corrected chi connectivity index (χ0v) is 10.5. The third kappa shape index (κ3) is 3.03. The SMILES string of the molecule is CC[N+](CC)(CC)Cc1cc(C)ccn1. The van der Waals surface area contributed by atoms with E-state index in [1.165, 1.54) is 30.9 Å². The van der Waals surface area contributed by atoms with Crippen molar-refractivity contribution in [3.8, 4) is 0 Å². The quantitative estimate of drug-likeness (QED) is 0.677. The molecule has 2 heteroatoms. The van der Waals surface area contributed by atoms with Gasteiger partial charge in [-0.2, -0.15) is 0 Å². The van der Waals surface area contributed by atoms with E-state index in [2.05, 4.69) is 44.8 Å². The lowest BCUT2D eigenvalue weighted by atomic mass is 10.2. The fraction of sp³-hybridized carbons (Fsp3) is 0.615. The van der Waals surface area contributed by atoms with Crippen molar-refractivity contribution in [3.63, 3.8) is 0 Å². The van der Waals surface area contributed by atoms with Crippen molar-refractivity contribution in [2.75, 3.05) is 19.6 Å². The molecule has 2 nitrogen and oxygen atoms in total. The van der Waals surface area contributed by atoms with Crippen LogP contribution in [0.3, 0.4) is 0 Å². The van der Waals surface area contributed by atoms with Crippen molar-refractivity contribution in [1.82, 2.24) is 4.98 Å². The van der Waals surface area contributed by atoms with E-state index < -0.39 is 0 Å². The minimum Gasteiger partial charge on any atom is -0.319 e. The molecule has 0 radical (unpaired) electrons. The molecule has 0 N–H and O–H groups in total. The van der Waals surface area contributed by atoms with Crippen molar-refractivity contribution < 1.29 is 4.48 Å². The predicted octanol–water partition coefficient (Wildman–Crippen LogP) is 2.77. The van der Waals surface area contributed by atoms with Gasteiger partial charge in [0.05, 0.1) is 25.3 Å². The van der Waals surface area contributed by atoms with E-state index in [9.17, 15) is 0 Å². The van der Waals surface area contributed by atoms with Gasteiger partial charge in [-0.3, -0.25) is 4.98 Å². The largest absolute Gasteiger partial charge is 0.319 e. The Bertz CT molecular complexity index is 295. The summed E-state index contributed by atoms with van der Waals surface area (Å²) in [6.07, 6.45) is 1.92. The minimum atomic E-state index is 1.06. The maximum Gasteiger partial charge on any atom is 0.122 e. The lowest BCUT2D eigenvalue weighted by Gasteiger charge is -2.35. The van der Waals surface area contributed by atoms with Gasteiger partial charge in [0.2, 0.25) is 0 Å². The molecule has 0 bridgehead atoms. The molecule has 0 saturated heterocycles. The van der Waals surface area contributed by atoms with Crippen LogP contribution in [0.25, 0.3) is 0 Å². The molecular formula is C13H23N2+. The average Bonchev–Trinajstić information content (AvgIpc) is 2.26. The molecule has 0 amide bonds. The van der Waals surface area contributed by atoms with Gasteiger partial charge in [-0.05, 0) is 45.4 Å². The standard InChI is InChI=1S/C13H23N2/c1-5-15(6-2,7-3)11-13-10-12(4)8-9-14-13/h8-10H,5-7,11H2,1-4H3/q+1. The molecule has 1 rings (SSSR count). The summed E-state index contributed by atoms with van der Waals surface area (Å²) < 4.78 is 1.14. The third-order valence-corrected chi connectivity index (χ3v) is 3.48. The Morgan fingerprint density at radius 1 is 1.13 bits per heavy atom. The highest BCUT2D eigenvalue weighted by Gasteiger charge is 2.21. The summed E-state index contributed by atoms with van der Waals surface area (Å²) in [5, 5.41) is 0. The first-order valence-electron chi connectivity index (χ1n) is 5.92. The predicted molar refractivity (Wildman–Crippen MR) is 64.6 cm³/mol. The molecule has 1 aromatic rings. The smallest absolute Gasteiger partial charge is 0.122 e. The molecule has 0 aromatic carbocycles. The van der Waals surface area contributed by atoms with Crippen molar-refractivity contribution in [2.24, 2.45) is 0 Å². The van der Waals surface area contributed by atoms with Gasteiger partial charge in [0.25, 0.3) is 0 Å². The molecule has 0 saturated carbocycles. The Kier molecular flexibility index (Phi) is 4.28. The summed E-state index contributed by atoms with van der Waals surface area (Å²) in [6, 6.07) is 4.26. The monoisotopic (exact) mass is 207 g/mol. The van der Waals surface area contributed by atoms with Crippen LogP contribution in [0.5, 0.6) is 0 Å². The second-order valence-corrected chi connectivity index (χ2v) is 4.27. The van der Waals surface area contributed by atoms with Gasteiger partial charge >= 0.3 is 0 Å². The zero-order chi connectivity index (χ0) is 11.3. The molecule has 15 heavy (non-hydrogen) atoms. The van der Waals surface area contributed by atoms with Crippen LogP contribution >= 0.6 is 0 Å². The highest BCUT2D eigenvalue weighted by Crippen LogP contribution is 2.13. The average molecular weight is 207 g/mol. The number of quaternary nitrogens is 1. The molecule has 0 spiro atoms. The summed E-state index contributed by atoms with van der Waals surface area (Å²) in [4.78, 5) is 4.45. The number of pyridine rings is 1. The van der Waals surface area contributed by atoms with Crippen molar-refractivity contribution in [2.45, 2.75) is 34.2 Å². The van der Waals surface area contributed by atoms with Gasteiger partial charge < -0.3 is 4.48 Å². The number of rotatable bonds is 5. The second-order valence-electron chi connectivity index (χ2n) is 4.27. The molecule has 0 aliphatic rings. The molecule has 0 aliphatic heterocycles. The lowest BCUT2D eigenvalue weighted by Crippen LogP contribution is -2.46. The van der Waals surface area contributed by atoms with E-state index in [1.807, 2.05) is 6.20 Å². The number of hydrogen-bond donors (Lipinski definition) is 0. The summed E-state index contributed by atoms with van der Waals surface area (Å²) in [5.74, 6) is 0. The molecule has 1 aromatic heterocycles. The Morgan fingerprint density at radius 2 is 1.73 bits per heavy atom. The van der Waals surface area contributed by atoms with Crippen molar-refractivity contribution >= 4 is 0 Å². The second kappa shape index (κ2) is 5.26. The molecule has 0 unspecified atom stereocenters. The Balaban J connectivity index is 2.82. The Hall–Kier alpha value is -0.890. The van der Waals surface area contributed by atoms with Gasteiger partial charge in [-0.1, -0.05) is 0 Å². The van der Waals surface area contributed by atoms with Crippen LogP contribution < -0.4 is 0 Å². The van der Waals surface area contributed by atoms with Crippen molar-refractivity contribution in [1.29, 1.82) is 0 Å². The minimum absolute atomic E-state index is 1.06. The molecule has 0 fully saturated rings. The maximum atomic E-state index is 4.45. The molecule has 0 aliphatic carbocycles. The van der Waals surface area contributed by atoms with Crippen molar-refractivity contribution in [3.05, 3.63) is 29.6 Å². The maximum absolute atomic E-state index is 4.45. The summed E-state index contributed by atoms with van der Waals surface area (Å²) >= 11 is 0. The fourth-order valence-corrected chi connectivity index (χ4v) is 2.04. The summed E-state index contributed by atoms with van der Waals surface area (Å²) in [7, 11) is 0. The van der Waals surface area contributed by atoms with Gasteiger partial charge in [0, 0.05) is 6.20 Å². The zero-order valence-electron chi connectivity index (χ0n) is 10.5. The van der Waals surface area contributed by atoms with E-state index >= 15 is 0 Å². The first-order chi connectivity index (χ1) is 7.15. The Labute approximate surface area is 93.5 Å². The first-order valence-corrected chi connectivity index (χ1v) is 5.92. The lowest BCUT2D eigenvalue weighted by molar-refractivity contribution is -0.936. The van der Waals surface area contributed by atoms with Crippen LogP contribution in [0.15, 0.2) is 18.3 Å². The van der Waals surface area contributed by atoms with Gasteiger partial charge in [-0.15, -0.1) is 0 Å². The van der Waals surface area contributed by atoms with E-state index in [0.717, 1.165) is 11.0 Å². The van der Waals surface area contributed by atoms with Gasteiger partial charge in [0.1, 0.15) is 6.54 Å². The van der Waals surface area contributed by atoms with E-state index in [1.54, 1.807) is 0 Å². The topological polar surface area (TPSA) is 12.9 Å². The molecule has 0 atom stereocenters. The number of aromatic nitrogens is 1. The summed E-state index contributed by atoms with van der Waals surface area (Å²) in [5.41, 5.74) is 2.53. The first kappa shape index (κ1) is 12.2. The number of hydrogen-bond acceptors (Lipinski definition) is 1. The third-order valence-electron chi connectivity index (χ3n) is 3.48. The van der Waals surface area contributed by atoms with Crippen LogP contribution in [0.2, 0.25) is 0 Å². The van der Waals surface area contributed by atoms with Crippen LogP contribution in [0.1, 0.15) is 32.0 Å². The van der Waals surface area contributed by atoms with Crippen LogP contribution in [0.4, 0.5) is 0 Å². The highest BCUT2D eigenvalue weighted by molar-refractivity contribution is 5.13.